The van der Waals surface area contributed by atoms with Gasteiger partial charge in [-0.25, -0.2) is 0 Å². The molecule has 2 aliphatic rings. The summed E-state index contributed by atoms with van der Waals surface area (Å²) >= 11 is 0. The van der Waals surface area contributed by atoms with Gasteiger partial charge in [-0.2, -0.15) is 0 Å². The standard InChI is InChI=1S/C55H39N/c1-55(2)52-25-11-10-22-47(52)48-31-30-41(35-53(48)55)56(39-28-26-37(27-29-39)36-14-4-3-5-15-36)40-17-12-16-38(34-40)42-32-33-51-46-21-9-7-19-44(46)43-18-6-8-20-45(43)50-24-13-23-49(42)54(50)51/h3-35H,1-2H3. The molecule has 56 heavy (non-hydrogen) atoms. The van der Waals surface area contributed by atoms with Crippen molar-refractivity contribution < 1.29 is 0 Å². The summed E-state index contributed by atoms with van der Waals surface area (Å²) in [6.07, 6.45) is 0. The lowest BCUT2D eigenvalue weighted by Gasteiger charge is -2.28. The van der Waals surface area contributed by atoms with Gasteiger partial charge in [0.15, 0.2) is 0 Å². The maximum absolute atomic E-state index is 2.43. The molecule has 9 aromatic carbocycles. The Morgan fingerprint density at radius 2 is 0.786 bits per heavy atom. The van der Waals surface area contributed by atoms with Crippen LogP contribution in [-0.4, -0.2) is 0 Å². The van der Waals surface area contributed by atoms with Crippen molar-refractivity contribution in [1.29, 1.82) is 0 Å². The predicted octanol–water partition coefficient (Wildman–Crippen LogP) is 15.3. The van der Waals surface area contributed by atoms with E-state index in [4.69, 9.17) is 0 Å². The van der Waals surface area contributed by atoms with E-state index in [1.54, 1.807) is 0 Å². The van der Waals surface area contributed by atoms with E-state index in [1.165, 1.54) is 88.7 Å². The highest BCUT2D eigenvalue weighted by Gasteiger charge is 2.35. The maximum Gasteiger partial charge on any atom is 0.0467 e. The molecule has 0 fully saturated rings. The Morgan fingerprint density at radius 3 is 1.52 bits per heavy atom. The number of nitrogens with zero attached hydrogens (tertiary/aromatic N) is 1. The quantitative estimate of drug-likeness (QED) is 0.172. The van der Waals surface area contributed by atoms with Crippen molar-refractivity contribution in [2.45, 2.75) is 19.3 Å². The van der Waals surface area contributed by atoms with Crippen LogP contribution in [0.1, 0.15) is 25.0 Å². The molecule has 2 aliphatic carbocycles. The zero-order valence-electron chi connectivity index (χ0n) is 31.5. The van der Waals surface area contributed by atoms with Crippen LogP contribution in [0.3, 0.4) is 0 Å². The fourth-order valence-corrected chi connectivity index (χ4v) is 9.54. The zero-order chi connectivity index (χ0) is 37.4. The molecule has 0 amide bonds. The molecule has 0 aliphatic heterocycles. The summed E-state index contributed by atoms with van der Waals surface area (Å²) in [7, 11) is 0. The van der Waals surface area contributed by atoms with Gasteiger partial charge in [-0.1, -0.05) is 178 Å². The number of rotatable bonds is 5. The van der Waals surface area contributed by atoms with Crippen molar-refractivity contribution in [2.75, 3.05) is 4.90 Å². The lowest BCUT2D eigenvalue weighted by Crippen LogP contribution is -2.16. The molecule has 0 unspecified atom stereocenters. The molecule has 0 aromatic heterocycles. The van der Waals surface area contributed by atoms with Crippen LogP contribution < -0.4 is 4.90 Å². The Bertz CT molecular complexity index is 2940. The third-order valence-electron chi connectivity index (χ3n) is 12.2. The van der Waals surface area contributed by atoms with Crippen LogP contribution >= 0.6 is 0 Å². The van der Waals surface area contributed by atoms with Crippen LogP contribution in [0.25, 0.3) is 77.5 Å². The van der Waals surface area contributed by atoms with E-state index in [0.29, 0.717) is 0 Å². The number of anilines is 3. The minimum Gasteiger partial charge on any atom is -0.310 e. The second kappa shape index (κ2) is 12.5. The highest BCUT2D eigenvalue weighted by atomic mass is 15.1. The Hall–Kier alpha value is -6.96. The molecule has 0 saturated carbocycles. The minimum absolute atomic E-state index is 0.105. The van der Waals surface area contributed by atoms with Gasteiger partial charge >= 0.3 is 0 Å². The molecule has 9 aromatic rings. The number of fused-ring (bicyclic) bond motifs is 8. The molecular formula is C55H39N. The van der Waals surface area contributed by atoms with Crippen molar-refractivity contribution in [3.8, 4) is 66.8 Å². The summed E-state index contributed by atoms with van der Waals surface area (Å²) in [6, 6.07) is 74.0. The van der Waals surface area contributed by atoms with Gasteiger partial charge < -0.3 is 4.90 Å². The van der Waals surface area contributed by atoms with Gasteiger partial charge in [-0.3, -0.25) is 0 Å². The van der Waals surface area contributed by atoms with Gasteiger partial charge in [0.25, 0.3) is 0 Å². The smallest absolute Gasteiger partial charge is 0.0467 e. The Morgan fingerprint density at radius 1 is 0.304 bits per heavy atom. The molecule has 264 valence electrons. The molecule has 1 nitrogen and oxygen atoms in total. The molecule has 0 radical (unpaired) electrons. The molecular weight excluding hydrogens is 675 g/mol. The molecule has 1 heteroatoms. The molecule has 0 N–H and O–H groups in total. The highest BCUT2D eigenvalue weighted by molar-refractivity contribution is 6.17. The average molecular weight is 714 g/mol. The monoisotopic (exact) mass is 713 g/mol. The molecule has 11 rings (SSSR count). The van der Waals surface area contributed by atoms with Gasteiger partial charge in [-0.15, -0.1) is 0 Å². The van der Waals surface area contributed by atoms with Crippen molar-refractivity contribution >= 4 is 27.8 Å². The Kier molecular flexibility index (Phi) is 7.28. The SMILES string of the molecule is CC1(C)c2ccccc2-c2ccc(N(c3ccc(-c4ccccc4)cc3)c3cccc(-c4ccc5c6c(cccc46)-c4ccccc4-c4ccccc4-5)c3)cc21. The highest BCUT2D eigenvalue weighted by Crippen LogP contribution is 2.52. The second-order valence-electron chi connectivity index (χ2n) is 15.7. The second-order valence-corrected chi connectivity index (χ2v) is 15.7. The average Bonchev–Trinajstić information content (AvgIpc) is 3.41. The number of hydrogen-bond donors (Lipinski definition) is 0. The van der Waals surface area contributed by atoms with E-state index in [-0.39, 0.29) is 5.41 Å². The minimum atomic E-state index is -0.105. The van der Waals surface area contributed by atoms with Crippen molar-refractivity contribution in [2.24, 2.45) is 0 Å². The normalized spacial score (nSPS) is 13.0. The van der Waals surface area contributed by atoms with Crippen LogP contribution in [0.15, 0.2) is 200 Å². The summed E-state index contributed by atoms with van der Waals surface area (Å²) in [5.41, 5.74) is 21.2. The lowest BCUT2D eigenvalue weighted by atomic mass is 9.82. The van der Waals surface area contributed by atoms with Gasteiger partial charge in [0.05, 0.1) is 0 Å². The Balaban J connectivity index is 1.09. The summed E-state index contributed by atoms with van der Waals surface area (Å²) in [5, 5.41) is 2.57. The van der Waals surface area contributed by atoms with E-state index in [2.05, 4.69) is 219 Å². The van der Waals surface area contributed by atoms with E-state index < -0.39 is 0 Å². The van der Waals surface area contributed by atoms with Crippen molar-refractivity contribution in [3.63, 3.8) is 0 Å². The van der Waals surface area contributed by atoms with Gasteiger partial charge in [0, 0.05) is 22.5 Å². The molecule has 0 spiro atoms. The predicted molar refractivity (Wildman–Crippen MR) is 237 cm³/mol. The van der Waals surface area contributed by atoms with Crippen LogP contribution in [0.4, 0.5) is 17.1 Å². The first-order chi connectivity index (χ1) is 27.5. The fraction of sp³-hybridized carbons (Fsp3) is 0.0545. The van der Waals surface area contributed by atoms with Crippen LogP contribution in [-0.2, 0) is 5.41 Å². The van der Waals surface area contributed by atoms with E-state index in [0.717, 1.165) is 17.1 Å². The van der Waals surface area contributed by atoms with Gasteiger partial charge in [0.2, 0.25) is 0 Å². The fourth-order valence-electron chi connectivity index (χ4n) is 9.54. The molecule has 0 atom stereocenters. The first kappa shape index (κ1) is 32.5. The van der Waals surface area contributed by atoms with E-state index in [1.807, 2.05) is 0 Å². The largest absolute Gasteiger partial charge is 0.310 e. The summed E-state index contributed by atoms with van der Waals surface area (Å²) < 4.78 is 0. The van der Waals surface area contributed by atoms with Crippen molar-refractivity contribution in [1.82, 2.24) is 0 Å². The summed E-state index contributed by atoms with van der Waals surface area (Å²) in [5.74, 6) is 0. The first-order valence-electron chi connectivity index (χ1n) is 19.6. The number of hydrogen-bond acceptors (Lipinski definition) is 1. The number of benzene rings is 9. The van der Waals surface area contributed by atoms with Crippen molar-refractivity contribution in [3.05, 3.63) is 211 Å². The van der Waals surface area contributed by atoms with Gasteiger partial charge in [0.1, 0.15) is 0 Å². The maximum atomic E-state index is 2.43. The molecule has 0 bridgehead atoms. The first-order valence-corrected chi connectivity index (χ1v) is 19.6. The molecule has 0 heterocycles. The summed E-state index contributed by atoms with van der Waals surface area (Å²) in [4.78, 5) is 2.43. The van der Waals surface area contributed by atoms with Gasteiger partial charge in [-0.05, 0) is 125 Å². The summed E-state index contributed by atoms with van der Waals surface area (Å²) in [6.45, 7) is 4.72. The van der Waals surface area contributed by atoms with Crippen LogP contribution in [0, 0.1) is 0 Å². The Labute approximate surface area is 328 Å². The topological polar surface area (TPSA) is 3.24 Å². The molecule has 0 saturated heterocycles. The van der Waals surface area contributed by atoms with Crippen LogP contribution in [0.5, 0.6) is 0 Å². The lowest BCUT2D eigenvalue weighted by molar-refractivity contribution is 0.660. The van der Waals surface area contributed by atoms with E-state index >= 15 is 0 Å². The third kappa shape index (κ3) is 4.94. The van der Waals surface area contributed by atoms with E-state index in [9.17, 15) is 0 Å². The third-order valence-corrected chi connectivity index (χ3v) is 12.2. The zero-order valence-corrected chi connectivity index (χ0v) is 31.5. The van der Waals surface area contributed by atoms with Crippen LogP contribution in [0.2, 0.25) is 0 Å².